The summed E-state index contributed by atoms with van der Waals surface area (Å²) in [6.45, 7) is 10.5. The average Bonchev–Trinajstić information content (AvgIpc) is 2.48. The van der Waals surface area contributed by atoms with Crippen molar-refractivity contribution < 1.29 is 14.3 Å². The highest BCUT2D eigenvalue weighted by Crippen LogP contribution is 2.21. The highest BCUT2D eigenvalue weighted by atomic mass is 16.5. The Morgan fingerprint density at radius 1 is 1.13 bits per heavy atom. The van der Waals surface area contributed by atoms with Gasteiger partial charge in [0.25, 0.3) is 0 Å². The van der Waals surface area contributed by atoms with Crippen LogP contribution in [0.4, 0.5) is 5.69 Å². The Kier molecular flexibility index (Phi) is 7.59. The predicted molar refractivity (Wildman–Crippen MR) is 92.7 cm³/mol. The van der Waals surface area contributed by atoms with E-state index in [2.05, 4.69) is 24.5 Å². The van der Waals surface area contributed by atoms with Crippen molar-refractivity contribution >= 4 is 17.5 Å². The second-order valence-corrected chi connectivity index (χ2v) is 6.21. The van der Waals surface area contributed by atoms with Gasteiger partial charge in [0.2, 0.25) is 0 Å². The molecule has 1 rings (SSSR count). The number of carbonyl (C=O) groups is 2. The van der Waals surface area contributed by atoms with Crippen LogP contribution >= 0.6 is 0 Å². The third kappa shape index (κ3) is 6.72. The molecule has 23 heavy (non-hydrogen) atoms. The largest absolute Gasteiger partial charge is 0.494 e. The van der Waals surface area contributed by atoms with Gasteiger partial charge in [-0.15, -0.1) is 0 Å². The van der Waals surface area contributed by atoms with Gasteiger partial charge in [0.1, 0.15) is 5.75 Å². The zero-order valence-corrected chi connectivity index (χ0v) is 14.7. The van der Waals surface area contributed by atoms with Crippen LogP contribution in [0.25, 0.3) is 0 Å². The maximum atomic E-state index is 12.0. The molecule has 0 heterocycles. The monoisotopic (exact) mass is 320 g/mol. The van der Waals surface area contributed by atoms with E-state index in [-0.39, 0.29) is 6.04 Å². The lowest BCUT2D eigenvalue weighted by Crippen LogP contribution is -2.40. The zero-order valence-electron chi connectivity index (χ0n) is 14.7. The molecule has 0 aliphatic rings. The van der Waals surface area contributed by atoms with Crippen LogP contribution in [-0.4, -0.2) is 24.5 Å². The van der Waals surface area contributed by atoms with Gasteiger partial charge in [0, 0.05) is 11.7 Å². The van der Waals surface area contributed by atoms with Gasteiger partial charge in [-0.2, -0.15) is 0 Å². The summed E-state index contributed by atoms with van der Waals surface area (Å²) in [5.41, 5.74) is 1.47. The fourth-order valence-electron chi connectivity index (χ4n) is 2.16. The minimum atomic E-state index is -0.645. The molecule has 1 unspecified atom stereocenters. The number of rotatable bonds is 7. The normalized spacial score (nSPS) is 11.9. The highest BCUT2D eigenvalue weighted by Gasteiger charge is 2.17. The summed E-state index contributed by atoms with van der Waals surface area (Å²) in [6, 6.07) is 5.34. The molecule has 0 aliphatic carbocycles. The van der Waals surface area contributed by atoms with Crippen LogP contribution < -0.4 is 15.4 Å². The molecule has 0 fully saturated rings. The van der Waals surface area contributed by atoms with Crippen LogP contribution in [0.2, 0.25) is 0 Å². The lowest BCUT2D eigenvalue weighted by molar-refractivity contribution is -0.136. The van der Waals surface area contributed by atoms with Gasteiger partial charge >= 0.3 is 11.8 Å². The zero-order chi connectivity index (χ0) is 17.4. The summed E-state index contributed by atoms with van der Waals surface area (Å²) in [5, 5.41) is 5.37. The molecule has 2 N–H and O–H groups in total. The molecule has 1 atom stereocenters. The van der Waals surface area contributed by atoms with Crippen LogP contribution in [0.5, 0.6) is 5.75 Å². The molecule has 0 bridgehead atoms. The predicted octanol–water partition coefficient (Wildman–Crippen LogP) is 3.27. The van der Waals surface area contributed by atoms with E-state index >= 15 is 0 Å². The van der Waals surface area contributed by atoms with Crippen molar-refractivity contribution in [3.63, 3.8) is 0 Å². The number of ether oxygens (including phenoxy) is 1. The molecule has 0 spiro atoms. The summed E-state index contributed by atoms with van der Waals surface area (Å²) >= 11 is 0. The van der Waals surface area contributed by atoms with Gasteiger partial charge in [-0.3, -0.25) is 9.59 Å². The number of anilines is 1. The van der Waals surface area contributed by atoms with E-state index in [1.54, 1.807) is 12.1 Å². The first-order chi connectivity index (χ1) is 10.8. The quantitative estimate of drug-likeness (QED) is 0.758. The van der Waals surface area contributed by atoms with Crippen molar-refractivity contribution in [1.82, 2.24) is 5.32 Å². The van der Waals surface area contributed by atoms with Crippen LogP contribution in [0, 0.1) is 12.8 Å². The summed E-state index contributed by atoms with van der Waals surface area (Å²) in [5.74, 6) is 0.0765. The van der Waals surface area contributed by atoms with Crippen molar-refractivity contribution in [3.05, 3.63) is 23.8 Å². The van der Waals surface area contributed by atoms with Crippen molar-refractivity contribution in [1.29, 1.82) is 0 Å². The number of benzene rings is 1. The van der Waals surface area contributed by atoms with Crippen molar-refractivity contribution in [2.45, 2.75) is 53.5 Å². The fourth-order valence-corrected chi connectivity index (χ4v) is 2.16. The van der Waals surface area contributed by atoms with Crippen LogP contribution in [0.1, 0.15) is 46.1 Å². The number of carbonyl (C=O) groups excluding carboxylic acids is 2. The van der Waals surface area contributed by atoms with Gasteiger partial charge in [0.15, 0.2) is 0 Å². The summed E-state index contributed by atoms with van der Waals surface area (Å²) in [4.78, 5) is 23.9. The van der Waals surface area contributed by atoms with Crippen molar-refractivity contribution in [3.8, 4) is 5.75 Å². The number of aryl methyl sites for hydroxylation is 1. The van der Waals surface area contributed by atoms with Gasteiger partial charge in [-0.25, -0.2) is 0 Å². The summed E-state index contributed by atoms with van der Waals surface area (Å²) in [6.07, 6.45) is 1.87. The molecule has 0 radical (unpaired) electrons. The van der Waals surface area contributed by atoms with E-state index in [1.807, 2.05) is 26.8 Å². The first kappa shape index (κ1) is 19.0. The van der Waals surface area contributed by atoms with Gasteiger partial charge in [0.05, 0.1) is 6.61 Å². The topological polar surface area (TPSA) is 67.4 Å². The second kappa shape index (κ2) is 9.18. The van der Waals surface area contributed by atoms with Crippen LogP contribution in [0.3, 0.4) is 0 Å². The van der Waals surface area contributed by atoms with E-state index in [9.17, 15) is 9.59 Å². The molecule has 0 aliphatic heterocycles. The number of amides is 2. The smallest absolute Gasteiger partial charge is 0.313 e. The van der Waals surface area contributed by atoms with E-state index < -0.39 is 11.8 Å². The number of hydrogen-bond donors (Lipinski definition) is 2. The minimum Gasteiger partial charge on any atom is -0.494 e. The Hall–Kier alpha value is -2.04. The van der Waals surface area contributed by atoms with Crippen molar-refractivity contribution in [2.24, 2.45) is 5.92 Å². The van der Waals surface area contributed by atoms with Gasteiger partial charge in [-0.1, -0.05) is 13.8 Å². The fraction of sp³-hybridized carbons (Fsp3) is 0.556. The molecule has 1 aromatic rings. The van der Waals surface area contributed by atoms with Crippen LogP contribution in [-0.2, 0) is 9.59 Å². The average molecular weight is 320 g/mol. The van der Waals surface area contributed by atoms with E-state index in [1.165, 1.54) is 0 Å². The molecule has 5 heteroatoms. The third-order valence-electron chi connectivity index (χ3n) is 3.52. The van der Waals surface area contributed by atoms with Crippen LogP contribution in [0.15, 0.2) is 18.2 Å². The van der Waals surface area contributed by atoms with E-state index in [0.29, 0.717) is 18.2 Å². The SMILES string of the molecule is CCOc1ccc(NC(=O)C(=O)NC(C)CCC(C)C)c(C)c1. The summed E-state index contributed by atoms with van der Waals surface area (Å²) < 4.78 is 5.40. The molecule has 0 aromatic heterocycles. The molecule has 128 valence electrons. The molecular formula is C18H28N2O3. The summed E-state index contributed by atoms with van der Waals surface area (Å²) in [7, 11) is 0. The number of nitrogens with one attached hydrogen (secondary N) is 2. The Labute approximate surface area is 138 Å². The minimum absolute atomic E-state index is 0.0166. The molecule has 5 nitrogen and oxygen atoms in total. The maximum absolute atomic E-state index is 12.0. The molecule has 0 saturated heterocycles. The second-order valence-electron chi connectivity index (χ2n) is 6.21. The molecule has 1 aromatic carbocycles. The third-order valence-corrected chi connectivity index (χ3v) is 3.52. The Morgan fingerprint density at radius 2 is 1.83 bits per heavy atom. The highest BCUT2D eigenvalue weighted by molar-refractivity contribution is 6.39. The number of hydrogen-bond acceptors (Lipinski definition) is 3. The van der Waals surface area contributed by atoms with Gasteiger partial charge in [-0.05, 0) is 63.3 Å². The first-order valence-corrected chi connectivity index (χ1v) is 8.18. The Morgan fingerprint density at radius 3 is 2.39 bits per heavy atom. The standard InChI is InChI=1S/C18H28N2O3/c1-6-23-15-9-10-16(13(4)11-15)20-18(22)17(21)19-14(5)8-7-12(2)3/h9-12,14H,6-8H2,1-5H3,(H,19,21)(H,20,22). The van der Waals surface area contributed by atoms with Crippen molar-refractivity contribution in [2.75, 3.05) is 11.9 Å². The lowest BCUT2D eigenvalue weighted by atomic mass is 10.0. The molecular weight excluding hydrogens is 292 g/mol. The van der Waals surface area contributed by atoms with E-state index in [0.717, 1.165) is 24.2 Å². The lowest BCUT2D eigenvalue weighted by Gasteiger charge is -2.15. The molecule has 0 saturated carbocycles. The first-order valence-electron chi connectivity index (χ1n) is 8.18. The van der Waals surface area contributed by atoms with Gasteiger partial charge < -0.3 is 15.4 Å². The Bertz CT molecular complexity index is 541. The van der Waals surface area contributed by atoms with E-state index in [4.69, 9.17) is 4.74 Å². The maximum Gasteiger partial charge on any atom is 0.313 e. The molecule has 2 amide bonds. The Balaban J connectivity index is 2.56.